The summed E-state index contributed by atoms with van der Waals surface area (Å²) < 4.78 is 14.4. The second-order valence-electron chi connectivity index (χ2n) is 13.7. The normalized spacial score (nSPS) is 17.0. The zero-order valence-corrected chi connectivity index (χ0v) is 30.3. The minimum absolute atomic E-state index is 0.0837. The summed E-state index contributed by atoms with van der Waals surface area (Å²) >= 11 is 6.43. The molecule has 0 saturated heterocycles. The molecule has 1 heterocycles. The van der Waals surface area contributed by atoms with Gasteiger partial charge < -0.3 is 14.4 Å². The summed E-state index contributed by atoms with van der Waals surface area (Å²) in [6.45, 7) is 3.14. The van der Waals surface area contributed by atoms with E-state index in [2.05, 4.69) is 55.5 Å². The first-order valence-corrected chi connectivity index (χ1v) is 18.7. The molecule has 2 aliphatic carbocycles. The van der Waals surface area contributed by atoms with Gasteiger partial charge in [-0.2, -0.15) is 5.10 Å². The Morgan fingerprint density at radius 2 is 1.71 bits per heavy atom. The van der Waals surface area contributed by atoms with Gasteiger partial charge in [0.25, 0.3) is 5.91 Å². The summed E-state index contributed by atoms with van der Waals surface area (Å²) in [5, 5.41) is 5.37. The molecule has 1 aromatic heterocycles. The highest BCUT2D eigenvalue weighted by atomic mass is 35.5. The van der Waals surface area contributed by atoms with E-state index >= 15 is 0 Å². The molecule has 0 fully saturated rings. The number of halogens is 1. The molecule has 7 heteroatoms. The summed E-state index contributed by atoms with van der Waals surface area (Å²) in [4.78, 5) is 16.6. The summed E-state index contributed by atoms with van der Waals surface area (Å²) in [5.41, 5.74) is 7.71. The lowest BCUT2D eigenvalue weighted by atomic mass is 9.95. The average Bonchev–Trinajstić information content (AvgIpc) is 3.84. The van der Waals surface area contributed by atoms with Crippen molar-refractivity contribution in [3.05, 3.63) is 131 Å². The molecule has 262 valence electrons. The second kappa shape index (κ2) is 16.0. The number of carbonyl (C=O) groups excluding carboxylic acids is 1. The number of aromatic nitrogens is 2. The maximum Gasteiger partial charge on any atom is 0.258 e. The third-order valence-electron chi connectivity index (χ3n) is 10.3. The SMILES string of the molecule is CCCCN(Cc1ccc(OC2CCCCC3=CC2CC3)cc1OC)C(=O)c1cnn(-c2cccc(Cl)c2)c1-c1ccc(-c2ccccc2)cc1. The van der Waals surface area contributed by atoms with E-state index < -0.39 is 0 Å². The number of carbonyl (C=O) groups is 1. The Labute approximate surface area is 306 Å². The lowest BCUT2D eigenvalue weighted by molar-refractivity contribution is 0.0740. The molecular weight excluding hydrogens is 654 g/mol. The van der Waals surface area contributed by atoms with Crippen molar-refractivity contribution in [2.24, 2.45) is 5.92 Å². The molecular formula is C44H46ClN3O3. The van der Waals surface area contributed by atoms with Crippen LogP contribution in [0.4, 0.5) is 0 Å². The minimum atomic E-state index is -0.0837. The Morgan fingerprint density at radius 1 is 0.902 bits per heavy atom. The third-order valence-corrected chi connectivity index (χ3v) is 10.5. The Kier molecular flexibility index (Phi) is 10.9. The van der Waals surface area contributed by atoms with Crippen molar-refractivity contribution in [3.8, 4) is 39.6 Å². The van der Waals surface area contributed by atoms with Crippen molar-refractivity contribution >= 4 is 17.5 Å². The highest BCUT2D eigenvalue weighted by Gasteiger charge is 2.29. The van der Waals surface area contributed by atoms with E-state index in [0.29, 0.717) is 29.6 Å². The summed E-state index contributed by atoms with van der Waals surface area (Å²) in [6.07, 6.45) is 13.3. The molecule has 2 atom stereocenters. The lowest BCUT2D eigenvalue weighted by Crippen LogP contribution is -2.32. The number of fused-ring (bicyclic) bond motifs is 1. The van der Waals surface area contributed by atoms with E-state index in [1.807, 2.05) is 64.2 Å². The Morgan fingerprint density at radius 3 is 2.49 bits per heavy atom. The Hall–Kier alpha value is -4.81. The van der Waals surface area contributed by atoms with Crippen molar-refractivity contribution in [2.45, 2.75) is 70.9 Å². The molecule has 6 nitrogen and oxygen atoms in total. The smallest absolute Gasteiger partial charge is 0.258 e. The predicted molar refractivity (Wildman–Crippen MR) is 206 cm³/mol. The average molecular weight is 700 g/mol. The topological polar surface area (TPSA) is 56.6 Å². The number of rotatable bonds is 12. The fourth-order valence-corrected chi connectivity index (χ4v) is 7.68. The molecule has 0 saturated carbocycles. The van der Waals surface area contributed by atoms with Crippen LogP contribution in [0.15, 0.2) is 115 Å². The largest absolute Gasteiger partial charge is 0.496 e. The first-order chi connectivity index (χ1) is 25.0. The van der Waals surface area contributed by atoms with E-state index in [1.165, 1.54) is 32.1 Å². The molecule has 1 amide bonds. The number of amides is 1. The van der Waals surface area contributed by atoms with Gasteiger partial charge in [-0.25, -0.2) is 4.68 Å². The van der Waals surface area contributed by atoms with Gasteiger partial charge in [-0.3, -0.25) is 4.79 Å². The summed E-state index contributed by atoms with van der Waals surface area (Å²) in [5.74, 6) is 1.93. The molecule has 2 aliphatic rings. The van der Waals surface area contributed by atoms with Crippen LogP contribution in [0.2, 0.25) is 5.02 Å². The van der Waals surface area contributed by atoms with Crippen LogP contribution in [-0.2, 0) is 6.54 Å². The highest BCUT2D eigenvalue weighted by Crippen LogP contribution is 2.37. The van der Waals surface area contributed by atoms with Gasteiger partial charge in [-0.15, -0.1) is 0 Å². The summed E-state index contributed by atoms with van der Waals surface area (Å²) in [7, 11) is 1.69. The van der Waals surface area contributed by atoms with Gasteiger partial charge in [0.05, 0.1) is 30.3 Å². The lowest BCUT2D eigenvalue weighted by Gasteiger charge is -2.26. The maximum absolute atomic E-state index is 14.7. The molecule has 0 aliphatic heterocycles. The van der Waals surface area contributed by atoms with Crippen molar-refractivity contribution in [2.75, 3.05) is 13.7 Å². The number of unbranched alkanes of at least 4 members (excludes halogenated alkanes) is 1. The van der Waals surface area contributed by atoms with Gasteiger partial charge in [-0.1, -0.05) is 97.3 Å². The molecule has 51 heavy (non-hydrogen) atoms. The number of allylic oxidation sites excluding steroid dienone is 1. The van der Waals surface area contributed by atoms with Crippen LogP contribution in [0.1, 0.15) is 74.2 Å². The van der Waals surface area contributed by atoms with Crippen molar-refractivity contribution < 1.29 is 14.3 Å². The van der Waals surface area contributed by atoms with Crippen molar-refractivity contribution in [1.82, 2.24) is 14.7 Å². The fourth-order valence-electron chi connectivity index (χ4n) is 7.50. The monoisotopic (exact) mass is 699 g/mol. The summed E-state index contributed by atoms with van der Waals surface area (Å²) in [6, 6.07) is 32.2. The van der Waals surface area contributed by atoms with Crippen molar-refractivity contribution in [1.29, 1.82) is 0 Å². The number of ether oxygens (including phenoxy) is 2. The number of benzene rings is 4. The zero-order valence-electron chi connectivity index (χ0n) is 29.6. The molecule has 0 radical (unpaired) electrons. The van der Waals surface area contributed by atoms with Crippen LogP contribution >= 0.6 is 11.6 Å². The second-order valence-corrected chi connectivity index (χ2v) is 14.2. The molecule has 5 aromatic rings. The van der Waals surface area contributed by atoms with E-state index in [1.54, 1.807) is 18.9 Å². The Bertz CT molecular complexity index is 1980. The van der Waals surface area contributed by atoms with Crippen LogP contribution in [-0.4, -0.2) is 40.3 Å². The molecule has 7 rings (SSSR count). The van der Waals surface area contributed by atoms with Crippen molar-refractivity contribution in [3.63, 3.8) is 0 Å². The van der Waals surface area contributed by atoms with Gasteiger partial charge >= 0.3 is 0 Å². The van der Waals surface area contributed by atoms with E-state index in [4.69, 9.17) is 26.2 Å². The molecule has 2 unspecified atom stereocenters. The number of hydrogen-bond donors (Lipinski definition) is 0. The third kappa shape index (κ3) is 7.92. The standard InChI is InChI=1S/C44H46ClN3O3/c1-3-4-25-47(30-36-23-24-39(28-42(36)50-2)51-41-16-9-8-11-31-17-18-35(41)26-31)44(49)40-29-46-48(38-15-10-14-37(45)27-38)43(40)34-21-19-33(20-22-34)32-12-6-5-7-13-32/h5-7,10,12-15,19-24,26-29,35,41H,3-4,8-9,11,16-18,25,30H2,1-2H3. The molecule has 0 N–H and O–H groups in total. The van der Waals surface area contributed by atoms with E-state index in [0.717, 1.165) is 64.4 Å². The van der Waals surface area contributed by atoms with Crippen LogP contribution < -0.4 is 9.47 Å². The van der Waals surface area contributed by atoms with Gasteiger partial charge in [0, 0.05) is 41.2 Å². The van der Waals surface area contributed by atoms with Gasteiger partial charge in [0.2, 0.25) is 0 Å². The van der Waals surface area contributed by atoms with Gasteiger partial charge in [-0.05, 0) is 86.4 Å². The van der Waals surface area contributed by atoms with Gasteiger partial charge in [0.1, 0.15) is 17.6 Å². The first-order valence-electron chi connectivity index (χ1n) is 18.3. The van der Waals surface area contributed by atoms with Crippen LogP contribution in [0.3, 0.4) is 0 Å². The zero-order chi connectivity index (χ0) is 35.2. The maximum atomic E-state index is 14.7. The van der Waals surface area contributed by atoms with E-state index in [-0.39, 0.29) is 12.0 Å². The van der Waals surface area contributed by atoms with Crippen LogP contribution in [0.25, 0.3) is 28.1 Å². The number of methoxy groups -OCH3 is 1. The predicted octanol–water partition coefficient (Wildman–Crippen LogP) is 11.0. The first kappa shape index (κ1) is 34.6. The quantitative estimate of drug-likeness (QED) is 0.122. The number of hydrogen-bond acceptors (Lipinski definition) is 4. The number of nitrogens with zero attached hydrogens (tertiary/aromatic N) is 3. The van der Waals surface area contributed by atoms with Crippen LogP contribution in [0, 0.1) is 5.92 Å². The molecule has 4 aromatic carbocycles. The Balaban J connectivity index is 1.19. The van der Waals surface area contributed by atoms with Crippen LogP contribution in [0.5, 0.6) is 11.5 Å². The minimum Gasteiger partial charge on any atom is -0.496 e. The molecule has 2 bridgehead atoms. The molecule has 0 spiro atoms. The highest BCUT2D eigenvalue weighted by molar-refractivity contribution is 6.30. The fraction of sp³-hybridized carbons (Fsp3) is 0.318. The van der Waals surface area contributed by atoms with Gasteiger partial charge in [0.15, 0.2) is 0 Å². The van der Waals surface area contributed by atoms with E-state index in [9.17, 15) is 4.79 Å².